The van der Waals surface area contributed by atoms with Gasteiger partial charge in [0.2, 0.25) is 11.9 Å². The summed E-state index contributed by atoms with van der Waals surface area (Å²) in [4.78, 5) is 15.9. The van der Waals surface area contributed by atoms with E-state index in [0.717, 1.165) is 53.0 Å². The monoisotopic (exact) mass is 607 g/mol. The first kappa shape index (κ1) is 33.2. The lowest BCUT2D eigenvalue weighted by molar-refractivity contribution is -0.908. The van der Waals surface area contributed by atoms with Crippen LogP contribution in [0.4, 0.5) is 10.1 Å². The molecule has 1 saturated heterocycles. The van der Waals surface area contributed by atoms with E-state index >= 15 is 0 Å². The molecule has 0 saturated carbocycles. The molecule has 0 amide bonds. The lowest BCUT2D eigenvalue weighted by atomic mass is 9.82. The van der Waals surface area contributed by atoms with E-state index in [0.29, 0.717) is 30.0 Å². The van der Waals surface area contributed by atoms with E-state index in [-0.39, 0.29) is 17.3 Å². The van der Waals surface area contributed by atoms with Gasteiger partial charge in [-0.25, -0.2) is 9.18 Å². The van der Waals surface area contributed by atoms with Crippen LogP contribution in [0, 0.1) is 18.2 Å². The summed E-state index contributed by atoms with van der Waals surface area (Å²) in [6.45, 7) is 17.8. The van der Waals surface area contributed by atoms with Crippen molar-refractivity contribution in [1.82, 2.24) is 0 Å². The topological polar surface area (TPSA) is 72.1 Å². The molecule has 1 atom stereocenters. The van der Waals surface area contributed by atoms with E-state index in [9.17, 15) is 14.4 Å². The molecule has 0 bridgehead atoms. The van der Waals surface area contributed by atoms with Crippen molar-refractivity contribution in [2.75, 3.05) is 24.6 Å². The third kappa shape index (κ3) is 8.50. The van der Waals surface area contributed by atoms with Crippen LogP contribution in [0.2, 0.25) is 0 Å². The summed E-state index contributed by atoms with van der Waals surface area (Å²) in [6.07, 6.45) is 2.86. The number of benzene rings is 2. The first-order valence-corrected chi connectivity index (χ1v) is 15.5. The largest absolute Gasteiger partial charge is 0.493 e. The van der Waals surface area contributed by atoms with Crippen molar-refractivity contribution in [2.24, 2.45) is 5.41 Å². The summed E-state index contributed by atoms with van der Waals surface area (Å²) in [5, 5.41) is 11.2. The molecule has 2 heterocycles. The van der Waals surface area contributed by atoms with E-state index in [1.54, 1.807) is 18.3 Å². The summed E-state index contributed by atoms with van der Waals surface area (Å²) in [5.74, 6) is -0.0416. The number of hydrogen-bond acceptors (Lipinski definition) is 6. The molecule has 1 aliphatic heterocycles. The van der Waals surface area contributed by atoms with Gasteiger partial charge in [0.25, 0.3) is 0 Å². The average molecular weight is 608 g/mol. The Morgan fingerprint density at radius 3 is 2.23 bits per heavy atom. The Hall–Kier alpha value is -3.65. The molecule has 1 aromatic heterocycles. The maximum absolute atomic E-state index is 13.6. The standard InChI is InChI=1S/C36H48FN2O5/c1-24(2)43-34(40)33(44-35(4,5)6)30-23-39(41)25(3)31(32(30)38-20-18-36(7,8)19-21-38)27-11-15-29(16-12-27)42-22-17-26-9-13-28(37)14-10-26/h9-16,23-24,33,41H,17-22H2,1-8H3/q+1/t33-/m0/s1. The molecule has 0 unspecified atom stereocenters. The van der Waals surface area contributed by atoms with Gasteiger partial charge in [-0.1, -0.05) is 38.1 Å². The zero-order valence-electron chi connectivity index (χ0n) is 27.4. The third-order valence-electron chi connectivity index (χ3n) is 7.95. The van der Waals surface area contributed by atoms with Crippen LogP contribution in [-0.2, 0) is 20.7 Å². The zero-order valence-corrected chi connectivity index (χ0v) is 27.4. The van der Waals surface area contributed by atoms with Crippen LogP contribution in [0.25, 0.3) is 11.1 Å². The Balaban J connectivity index is 1.75. The molecule has 2 aromatic carbocycles. The fraction of sp³-hybridized carbons (Fsp3) is 0.500. The van der Waals surface area contributed by atoms with Gasteiger partial charge in [-0.15, -0.1) is 0 Å². The van der Waals surface area contributed by atoms with Crippen LogP contribution in [0.3, 0.4) is 0 Å². The number of ether oxygens (including phenoxy) is 3. The molecule has 238 valence electrons. The number of rotatable bonds is 10. The van der Waals surface area contributed by atoms with Gasteiger partial charge in [0.1, 0.15) is 11.6 Å². The minimum absolute atomic E-state index is 0.211. The molecule has 1 fully saturated rings. The second-order valence-corrected chi connectivity index (χ2v) is 13.7. The minimum Gasteiger partial charge on any atom is -0.493 e. The molecule has 44 heavy (non-hydrogen) atoms. The van der Waals surface area contributed by atoms with Crippen molar-refractivity contribution >= 4 is 11.7 Å². The molecule has 7 nitrogen and oxygen atoms in total. The van der Waals surface area contributed by atoms with Gasteiger partial charge >= 0.3 is 5.97 Å². The van der Waals surface area contributed by atoms with Crippen molar-refractivity contribution in [2.45, 2.75) is 92.5 Å². The lowest BCUT2D eigenvalue weighted by Gasteiger charge is -2.40. The third-order valence-corrected chi connectivity index (χ3v) is 7.95. The number of nitrogens with zero attached hydrogens (tertiary/aromatic N) is 2. The van der Waals surface area contributed by atoms with Crippen molar-refractivity contribution in [3.05, 3.63) is 77.4 Å². The van der Waals surface area contributed by atoms with Gasteiger partial charge in [-0.05, 0) is 88.3 Å². The summed E-state index contributed by atoms with van der Waals surface area (Å²) in [5.41, 5.74) is 4.33. The van der Waals surface area contributed by atoms with E-state index in [1.165, 1.54) is 12.1 Å². The van der Waals surface area contributed by atoms with Crippen molar-refractivity contribution in [1.29, 1.82) is 0 Å². The molecular weight excluding hydrogens is 559 g/mol. The number of pyridine rings is 1. The zero-order chi connectivity index (χ0) is 32.2. The summed E-state index contributed by atoms with van der Waals surface area (Å²) < 4.78 is 32.4. The molecule has 4 rings (SSSR count). The molecule has 8 heteroatoms. The van der Waals surface area contributed by atoms with Gasteiger partial charge < -0.3 is 19.1 Å². The SMILES string of the molecule is Cc1c(-c2ccc(OCCc3ccc(F)cc3)cc2)c(N2CCC(C)(C)CC2)c([C@H](OC(C)(C)C)C(=O)OC(C)C)c[n+]1O. The summed E-state index contributed by atoms with van der Waals surface area (Å²) >= 11 is 0. The number of halogens is 1. The van der Waals surface area contributed by atoms with Crippen LogP contribution < -0.4 is 14.4 Å². The van der Waals surface area contributed by atoms with E-state index in [4.69, 9.17) is 14.2 Å². The van der Waals surface area contributed by atoms with Gasteiger partial charge in [0.05, 0.1) is 35.1 Å². The fourth-order valence-corrected chi connectivity index (χ4v) is 5.48. The number of aromatic nitrogens is 1. The highest BCUT2D eigenvalue weighted by Gasteiger charge is 2.39. The number of carbonyl (C=O) groups excluding carboxylic acids is 1. The van der Waals surface area contributed by atoms with Crippen LogP contribution in [0.1, 0.15) is 84.2 Å². The predicted molar refractivity (Wildman–Crippen MR) is 170 cm³/mol. The maximum Gasteiger partial charge on any atom is 0.340 e. The molecule has 0 spiro atoms. The van der Waals surface area contributed by atoms with Crippen LogP contribution >= 0.6 is 0 Å². The van der Waals surface area contributed by atoms with Gasteiger partial charge in [-0.3, -0.25) is 5.21 Å². The van der Waals surface area contributed by atoms with Gasteiger partial charge in [0.15, 0.2) is 6.10 Å². The van der Waals surface area contributed by atoms with Crippen molar-refractivity contribution in [3.63, 3.8) is 0 Å². The molecule has 0 radical (unpaired) electrons. The van der Waals surface area contributed by atoms with E-state index in [2.05, 4.69) is 18.7 Å². The Bertz CT molecular complexity index is 1420. The van der Waals surface area contributed by atoms with E-state index in [1.807, 2.05) is 65.8 Å². The van der Waals surface area contributed by atoms with Crippen LogP contribution in [0.5, 0.6) is 5.75 Å². The number of anilines is 1. The minimum atomic E-state index is -1.05. The van der Waals surface area contributed by atoms with Crippen LogP contribution in [0.15, 0.2) is 54.7 Å². The summed E-state index contributed by atoms with van der Waals surface area (Å²) in [7, 11) is 0. The molecule has 1 aliphatic rings. The number of hydrogen-bond donors (Lipinski definition) is 1. The average Bonchev–Trinajstić information content (AvgIpc) is 2.94. The maximum atomic E-state index is 13.6. The smallest absolute Gasteiger partial charge is 0.340 e. The van der Waals surface area contributed by atoms with Crippen LogP contribution in [-0.4, -0.2) is 42.6 Å². The van der Waals surface area contributed by atoms with Gasteiger partial charge in [0, 0.05) is 31.2 Å². The molecule has 0 aliphatic carbocycles. The molecule has 1 N–H and O–H groups in total. The number of esters is 1. The number of piperidine rings is 1. The molecule has 3 aromatic rings. The fourth-order valence-electron chi connectivity index (χ4n) is 5.48. The number of carbonyl (C=O) groups is 1. The summed E-state index contributed by atoms with van der Waals surface area (Å²) in [6, 6.07) is 14.2. The van der Waals surface area contributed by atoms with Crippen molar-refractivity contribution < 1.29 is 33.3 Å². The Morgan fingerprint density at radius 1 is 1.05 bits per heavy atom. The Morgan fingerprint density at radius 2 is 1.66 bits per heavy atom. The highest BCUT2D eigenvalue weighted by atomic mass is 19.1. The second kappa shape index (κ2) is 13.6. The highest BCUT2D eigenvalue weighted by molar-refractivity contribution is 5.87. The molecular formula is C36H48FN2O5+. The normalized spacial score (nSPS) is 15.7. The van der Waals surface area contributed by atoms with E-state index < -0.39 is 17.7 Å². The predicted octanol–water partition coefficient (Wildman–Crippen LogP) is 7.38. The Labute approximate surface area is 261 Å². The quantitative estimate of drug-likeness (QED) is 0.147. The highest BCUT2D eigenvalue weighted by Crippen LogP contribution is 2.43. The van der Waals surface area contributed by atoms with Crippen molar-refractivity contribution in [3.8, 4) is 16.9 Å². The van der Waals surface area contributed by atoms with Gasteiger partial charge in [-0.2, -0.15) is 0 Å². The first-order valence-electron chi connectivity index (χ1n) is 15.5. The Kier molecular flexibility index (Phi) is 10.2. The second-order valence-electron chi connectivity index (χ2n) is 13.7. The lowest BCUT2D eigenvalue weighted by Crippen LogP contribution is -2.42. The first-order chi connectivity index (χ1) is 20.6.